The molecule has 0 amide bonds. The number of fused-ring (bicyclic) bond motifs is 1. The Morgan fingerprint density at radius 1 is 1.20 bits per heavy atom. The number of aromatic hydroxyl groups is 1. The van der Waals surface area contributed by atoms with Crippen molar-refractivity contribution in [2.45, 2.75) is 0 Å². The van der Waals surface area contributed by atoms with Crippen LogP contribution in [0.1, 0.15) is 5.56 Å². The molecule has 100 valence electrons. The first-order valence-corrected chi connectivity index (χ1v) is 6.72. The fraction of sp³-hybridized carbons (Fsp3) is 0. The van der Waals surface area contributed by atoms with Gasteiger partial charge in [0, 0.05) is 21.6 Å². The molecule has 0 aliphatic heterocycles. The van der Waals surface area contributed by atoms with E-state index >= 15 is 0 Å². The summed E-state index contributed by atoms with van der Waals surface area (Å²) in [7, 11) is 0. The van der Waals surface area contributed by atoms with E-state index in [0.717, 1.165) is 15.4 Å². The van der Waals surface area contributed by atoms with Gasteiger partial charge in [-0.2, -0.15) is 0 Å². The van der Waals surface area contributed by atoms with Crippen molar-refractivity contribution in [3.63, 3.8) is 0 Å². The van der Waals surface area contributed by atoms with Crippen LogP contribution in [0.5, 0.6) is 5.88 Å². The Labute approximate surface area is 122 Å². The van der Waals surface area contributed by atoms with Gasteiger partial charge in [-0.3, -0.25) is 4.99 Å². The molecule has 1 heterocycles. The largest absolute Gasteiger partial charge is 0.494 e. The van der Waals surface area contributed by atoms with Crippen LogP contribution in [0.2, 0.25) is 0 Å². The van der Waals surface area contributed by atoms with Crippen molar-refractivity contribution in [3.05, 3.63) is 58.3 Å². The first-order chi connectivity index (χ1) is 9.63. The quantitative estimate of drug-likeness (QED) is 0.665. The summed E-state index contributed by atoms with van der Waals surface area (Å²) in [5, 5.41) is 10.8. The number of rotatable bonds is 2. The lowest BCUT2D eigenvalue weighted by atomic mass is 10.2. The van der Waals surface area contributed by atoms with E-state index in [4.69, 9.17) is 0 Å². The molecule has 0 radical (unpaired) electrons. The third-order valence-corrected chi connectivity index (χ3v) is 3.42. The van der Waals surface area contributed by atoms with Crippen LogP contribution >= 0.6 is 15.9 Å². The summed E-state index contributed by atoms with van der Waals surface area (Å²) in [6, 6.07) is 11.6. The Bertz CT molecular complexity index is 811. The summed E-state index contributed by atoms with van der Waals surface area (Å²) in [5.41, 5.74) is 1.88. The lowest BCUT2D eigenvalue weighted by Crippen LogP contribution is -1.79. The average molecular weight is 333 g/mol. The first-order valence-electron chi connectivity index (χ1n) is 5.93. The summed E-state index contributed by atoms with van der Waals surface area (Å²) in [6.07, 6.45) is 1.52. The Morgan fingerprint density at radius 3 is 2.85 bits per heavy atom. The average Bonchev–Trinajstić information content (AvgIpc) is 2.72. The molecule has 5 heteroatoms. The van der Waals surface area contributed by atoms with Crippen LogP contribution in [0, 0.1) is 5.82 Å². The first kappa shape index (κ1) is 12.9. The van der Waals surface area contributed by atoms with Gasteiger partial charge in [-0.15, -0.1) is 0 Å². The highest BCUT2D eigenvalue weighted by Crippen LogP contribution is 2.28. The molecule has 3 nitrogen and oxygen atoms in total. The minimum atomic E-state index is -0.342. The monoisotopic (exact) mass is 332 g/mol. The predicted octanol–water partition coefficient (Wildman–Crippen LogP) is 4.53. The maximum atomic E-state index is 13.1. The highest BCUT2D eigenvalue weighted by atomic mass is 79.9. The molecule has 0 saturated carbocycles. The zero-order chi connectivity index (χ0) is 14.1. The zero-order valence-electron chi connectivity index (χ0n) is 10.3. The van der Waals surface area contributed by atoms with Crippen LogP contribution in [-0.2, 0) is 0 Å². The van der Waals surface area contributed by atoms with Gasteiger partial charge < -0.3 is 10.1 Å². The second kappa shape index (κ2) is 5.09. The van der Waals surface area contributed by atoms with Crippen molar-refractivity contribution < 1.29 is 9.50 Å². The van der Waals surface area contributed by atoms with Crippen molar-refractivity contribution in [1.29, 1.82) is 0 Å². The Kier molecular flexibility index (Phi) is 3.28. The summed E-state index contributed by atoms with van der Waals surface area (Å²) in [6.45, 7) is 0. The predicted molar refractivity (Wildman–Crippen MR) is 81.3 cm³/mol. The van der Waals surface area contributed by atoms with Crippen LogP contribution in [0.25, 0.3) is 10.9 Å². The second-order valence-electron chi connectivity index (χ2n) is 4.32. The molecule has 0 unspecified atom stereocenters. The fourth-order valence-corrected chi connectivity index (χ4v) is 2.36. The number of H-pyrrole nitrogens is 1. The second-order valence-corrected chi connectivity index (χ2v) is 5.23. The van der Waals surface area contributed by atoms with Gasteiger partial charge in [0.15, 0.2) is 5.88 Å². The molecule has 0 spiro atoms. The van der Waals surface area contributed by atoms with E-state index in [-0.39, 0.29) is 11.7 Å². The number of benzene rings is 2. The van der Waals surface area contributed by atoms with Crippen LogP contribution in [-0.4, -0.2) is 16.3 Å². The number of aromatic nitrogens is 1. The van der Waals surface area contributed by atoms with Gasteiger partial charge in [-0.25, -0.2) is 4.39 Å². The maximum absolute atomic E-state index is 13.1. The van der Waals surface area contributed by atoms with Gasteiger partial charge >= 0.3 is 0 Å². The SMILES string of the molecule is Oc1[nH]c2ccc(Br)cc2c1C=Nc1cccc(F)c1. The minimum absolute atomic E-state index is 0.0400. The molecule has 0 saturated heterocycles. The lowest BCUT2D eigenvalue weighted by Gasteiger charge is -1.95. The Hall–Kier alpha value is -2.14. The molecule has 0 aliphatic carbocycles. The molecular formula is C15H10BrFN2O. The molecule has 3 rings (SSSR count). The molecule has 3 aromatic rings. The standard InChI is InChI=1S/C15H10BrFN2O/c16-9-4-5-14-12(6-9)13(15(20)19-14)8-18-11-3-1-2-10(17)7-11/h1-8,19-20H. The van der Waals surface area contributed by atoms with Crippen LogP contribution < -0.4 is 0 Å². The smallest absolute Gasteiger partial charge is 0.198 e. The van der Waals surface area contributed by atoms with Crippen molar-refractivity contribution in [1.82, 2.24) is 4.98 Å². The summed E-state index contributed by atoms with van der Waals surface area (Å²) >= 11 is 3.39. The van der Waals surface area contributed by atoms with Gasteiger partial charge in [0.25, 0.3) is 0 Å². The van der Waals surface area contributed by atoms with Gasteiger partial charge in [0.05, 0.1) is 11.3 Å². The molecule has 0 aliphatic rings. The molecule has 0 bridgehead atoms. The molecule has 2 N–H and O–H groups in total. The van der Waals surface area contributed by atoms with Crippen LogP contribution in [0.4, 0.5) is 10.1 Å². The van der Waals surface area contributed by atoms with Crippen molar-refractivity contribution in [2.24, 2.45) is 4.99 Å². The third kappa shape index (κ3) is 2.44. The van der Waals surface area contributed by atoms with Gasteiger partial charge in [0.1, 0.15) is 5.82 Å². The summed E-state index contributed by atoms with van der Waals surface area (Å²) in [5.74, 6) is -0.302. The molecule has 20 heavy (non-hydrogen) atoms. The normalized spacial score (nSPS) is 11.5. The molecule has 0 atom stereocenters. The van der Waals surface area contributed by atoms with Gasteiger partial charge in [0.2, 0.25) is 0 Å². The topological polar surface area (TPSA) is 48.4 Å². The molecule has 2 aromatic carbocycles. The van der Waals surface area contributed by atoms with Gasteiger partial charge in [-0.05, 0) is 36.4 Å². The lowest BCUT2D eigenvalue weighted by molar-refractivity contribution is 0.457. The third-order valence-electron chi connectivity index (χ3n) is 2.93. The van der Waals surface area contributed by atoms with E-state index < -0.39 is 0 Å². The molecule has 1 aromatic heterocycles. The zero-order valence-corrected chi connectivity index (χ0v) is 11.9. The number of hydrogen-bond donors (Lipinski definition) is 2. The maximum Gasteiger partial charge on any atom is 0.198 e. The number of halogens is 2. The number of nitrogens with one attached hydrogen (secondary N) is 1. The fourth-order valence-electron chi connectivity index (χ4n) is 2.00. The minimum Gasteiger partial charge on any atom is -0.494 e. The number of nitrogens with zero attached hydrogens (tertiary/aromatic N) is 1. The Balaban J connectivity index is 2.06. The van der Waals surface area contributed by atoms with E-state index in [1.54, 1.807) is 12.1 Å². The van der Waals surface area contributed by atoms with Crippen LogP contribution in [0.3, 0.4) is 0 Å². The van der Waals surface area contributed by atoms with E-state index in [2.05, 4.69) is 25.9 Å². The Morgan fingerprint density at radius 2 is 2.05 bits per heavy atom. The van der Waals surface area contributed by atoms with E-state index in [0.29, 0.717) is 11.3 Å². The highest BCUT2D eigenvalue weighted by Gasteiger charge is 2.09. The van der Waals surface area contributed by atoms with Crippen LogP contribution in [0.15, 0.2) is 51.9 Å². The van der Waals surface area contributed by atoms with Crippen molar-refractivity contribution >= 4 is 38.7 Å². The van der Waals surface area contributed by atoms with E-state index in [9.17, 15) is 9.50 Å². The number of hydrogen-bond acceptors (Lipinski definition) is 2. The van der Waals surface area contributed by atoms with Gasteiger partial charge in [-0.1, -0.05) is 22.0 Å². The van der Waals surface area contributed by atoms with E-state index in [1.807, 2.05) is 18.2 Å². The summed E-state index contributed by atoms with van der Waals surface area (Å²) in [4.78, 5) is 7.06. The molecular weight excluding hydrogens is 323 g/mol. The summed E-state index contributed by atoms with van der Waals surface area (Å²) < 4.78 is 14.0. The highest BCUT2D eigenvalue weighted by molar-refractivity contribution is 9.10. The van der Waals surface area contributed by atoms with Crippen molar-refractivity contribution in [3.8, 4) is 5.88 Å². The van der Waals surface area contributed by atoms with E-state index in [1.165, 1.54) is 18.3 Å². The van der Waals surface area contributed by atoms with Crippen molar-refractivity contribution in [2.75, 3.05) is 0 Å². The number of aromatic amines is 1. The number of aliphatic imine (C=N–C) groups is 1. The molecule has 0 fully saturated rings.